The van der Waals surface area contributed by atoms with E-state index in [4.69, 9.17) is 0 Å². The number of benzene rings is 1. The predicted molar refractivity (Wildman–Crippen MR) is 55.5 cm³/mol. The molecule has 68 valence electrons. The van der Waals surface area contributed by atoms with Gasteiger partial charge in [-0.05, 0) is 30.6 Å². The van der Waals surface area contributed by atoms with Gasteiger partial charge in [0.2, 0.25) is 0 Å². The van der Waals surface area contributed by atoms with Gasteiger partial charge in [-0.15, -0.1) is 0 Å². The van der Waals surface area contributed by atoms with Crippen LogP contribution in [0.3, 0.4) is 0 Å². The van der Waals surface area contributed by atoms with Gasteiger partial charge in [-0.25, -0.2) is 0 Å². The summed E-state index contributed by atoms with van der Waals surface area (Å²) in [7, 11) is 0. The van der Waals surface area contributed by atoms with Crippen LogP contribution in [0.4, 0.5) is 0 Å². The van der Waals surface area contributed by atoms with Crippen LogP contribution < -0.4 is 0 Å². The molecule has 0 saturated carbocycles. The van der Waals surface area contributed by atoms with Crippen molar-refractivity contribution in [3.05, 3.63) is 41.0 Å². The second-order valence-corrected chi connectivity index (χ2v) is 3.10. The minimum atomic E-state index is 0.789. The monoisotopic (exact) mass is 174 g/mol. The molecule has 13 heavy (non-hydrogen) atoms. The molecular formula is C12H14O. The van der Waals surface area contributed by atoms with Crippen molar-refractivity contribution < 1.29 is 4.79 Å². The maximum Gasteiger partial charge on any atom is 0.146 e. The van der Waals surface area contributed by atoms with E-state index in [1.165, 1.54) is 5.56 Å². The van der Waals surface area contributed by atoms with E-state index in [2.05, 4.69) is 0 Å². The molecule has 1 aromatic carbocycles. The van der Waals surface area contributed by atoms with E-state index in [1.54, 1.807) is 0 Å². The van der Waals surface area contributed by atoms with E-state index < -0.39 is 0 Å². The summed E-state index contributed by atoms with van der Waals surface area (Å²) in [5, 5.41) is 0. The van der Waals surface area contributed by atoms with Crippen molar-refractivity contribution in [2.45, 2.75) is 20.3 Å². The fourth-order valence-corrected chi connectivity index (χ4v) is 1.10. The molecule has 1 rings (SSSR count). The molecule has 0 aromatic heterocycles. The number of aryl methyl sites for hydroxylation is 1. The first-order valence-electron chi connectivity index (χ1n) is 4.48. The third-order valence-corrected chi connectivity index (χ3v) is 1.99. The normalized spacial score (nSPS) is 11.4. The third kappa shape index (κ3) is 2.86. The van der Waals surface area contributed by atoms with Crippen LogP contribution in [0.2, 0.25) is 0 Å². The molecule has 0 amide bonds. The van der Waals surface area contributed by atoms with Crippen molar-refractivity contribution in [1.82, 2.24) is 0 Å². The Balaban J connectivity index is 2.90. The summed E-state index contributed by atoms with van der Waals surface area (Å²) in [6.07, 6.45) is 3.63. The molecule has 1 heteroatoms. The van der Waals surface area contributed by atoms with Crippen LogP contribution >= 0.6 is 0 Å². The molecule has 0 aliphatic carbocycles. The van der Waals surface area contributed by atoms with Gasteiger partial charge in [0.05, 0.1) is 0 Å². The van der Waals surface area contributed by atoms with Gasteiger partial charge in [-0.1, -0.05) is 36.8 Å². The zero-order valence-electron chi connectivity index (χ0n) is 8.08. The van der Waals surface area contributed by atoms with Crippen molar-refractivity contribution in [1.29, 1.82) is 0 Å². The van der Waals surface area contributed by atoms with Gasteiger partial charge in [0.15, 0.2) is 0 Å². The first kappa shape index (κ1) is 9.72. The Kier molecular flexibility index (Phi) is 3.44. The summed E-state index contributed by atoms with van der Waals surface area (Å²) in [5.74, 6) is 0. The molecule has 0 aliphatic rings. The Hall–Kier alpha value is -1.37. The summed E-state index contributed by atoms with van der Waals surface area (Å²) in [5.41, 5.74) is 3.17. The van der Waals surface area contributed by atoms with Gasteiger partial charge in [0.1, 0.15) is 6.29 Å². The SMILES string of the molecule is CC/C(C=O)=C\c1ccc(C)cc1. The molecule has 0 bridgehead atoms. The Morgan fingerprint density at radius 2 is 1.92 bits per heavy atom. The molecule has 0 heterocycles. The van der Waals surface area contributed by atoms with Gasteiger partial charge in [0.25, 0.3) is 0 Å². The Labute approximate surface area is 79.1 Å². The topological polar surface area (TPSA) is 17.1 Å². The summed E-state index contributed by atoms with van der Waals surface area (Å²) in [4.78, 5) is 10.5. The Morgan fingerprint density at radius 3 is 2.38 bits per heavy atom. The van der Waals surface area contributed by atoms with E-state index in [1.807, 2.05) is 44.2 Å². The van der Waals surface area contributed by atoms with Crippen LogP contribution in [0, 0.1) is 6.92 Å². The summed E-state index contributed by atoms with van der Waals surface area (Å²) >= 11 is 0. The van der Waals surface area contributed by atoms with Crippen molar-refractivity contribution in [2.24, 2.45) is 0 Å². The maximum absolute atomic E-state index is 10.5. The first-order chi connectivity index (χ1) is 6.26. The van der Waals surface area contributed by atoms with Crippen molar-refractivity contribution >= 4 is 12.4 Å². The number of allylic oxidation sites excluding steroid dienone is 1. The van der Waals surface area contributed by atoms with Crippen molar-refractivity contribution in [3.8, 4) is 0 Å². The van der Waals surface area contributed by atoms with Crippen LogP contribution in [0.15, 0.2) is 29.8 Å². The van der Waals surface area contributed by atoms with Crippen LogP contribution in [0.5, 0.6) is 0 Å². The average molecular weight is 174 g/mol. The molecule has 0 atom stereocenters. The van der Waals surface area contributed by atoms with E-state index >= 15 is 0 Å². The second kappa shape index (κ2) is 4.61. The molecule has 1 aromatic rings. The van der Waals surface area contributed by atoms with E-state index in [-0.39, 0.29) is 0 Å². The van der Waals surface area contributed by atoms with Crippen LogP contribution in [0.1, 0.15) is 24.5 Å². The lowest BCUT2D eigenvalue weighted by Crippen LogP contribution is -1.82. The number of hydrogen-bond donors (Lipinski definition) is 0. The van der Waals surface area contributed by atoms with Gasteiger partial charge >= 0.3 is 0 Å². The van der Waals surface area contributed by atoms with Crippen LogP contribution in [0.25, 0.3) is 6.08 Å². The maximum atomic E-state index is 10.5. The quantitative estimate of drug-likeness (QED) is 0.508. The summed E-state index contributed by atoms with van der Waals surface area (Å²) in [6, 6.07) is 8.14. The van der Waals surface area contributed by atoms with Gasteiger partial charge in [-0.2, -0.15) is 0 Å². The van der Waals surface area contributed by atoms with Crippen LogP contribution in [-0.2, 0) is 4.79 Å². The molecule has 0 aliphatic heterocycles. The van der Waals surface area contributed by atoms with Crippen LogP contribution in [-0.4, -0.2) is 6.29 Å². The highest BCUT2D eigenvalue weighted by atomic mass is 16.1. The average Bonchev–Trinajstić information content (AvgIpc) is 2.17. The smallest absolute Gasteiger partial charge is 0.146 e. The number of rotatable bonds is 3. The molecule has 0 radical (unpaired) electrons. The minimum Gasteiger partial charge on any atom is -0.298 e. The number of carbonyl (C=O) groups excluding carboxylic acids is 1. The lowest BCUT2D eigenvalue weighted by Gasteiger charge is -1.96. The zero-order valence-corrected chi connectivity index (χ0v) is 8.08. The molecule has 0 unspecified atom stereocenters. The summed E-state index contributed by atoms with van der Waals surface area (Å²) in [6.45, 7) is 4.03. The fraction of sp³-hybridized carbons (Fsp3) is 0.250. The highest BCUT2D eigenvalue weighted by Crippen LogP contribution is 2.09. The molecular weight excluding hydrogens is 160 g/mol. The lowest BCUT2D eigenvalue weighted by molar-refractivity contribution is -0.104. The standard InChI is InChI=1S/C12H14O/c1-3-11(9-13)8-12-6-4-10(2)5-7-12/h4-9H,3H2,1-2H3/b11-8+. The van der Waals surface area contributed by atoms with E-state index in [0.29, 0.717) is 0 Å². The van der Waals surface area contributed by atoms with Gasteiger partial charge < -0.3 is 0 Å². The summed E-state index contributed by atoms with van der Waals surface area (Å²) < 4.78 is 0. The largest absolute Gasteiger partial charge is 0.298 e. The van der Waals surface area contributed by atoms with Gasteiger partial charge in [0, 0.05) is 0 Å². The van der Waals surface area contributed by atoms with Gasteiger partial charge in [-0.3, -0.25) is 4.79 Å². The first-order valence-corrected chi connectivity index (χ1v) is 4.48. The number of carbonyl (C=O) groups is 1. The third-order valence-electron chi connectivity index (χ3n) is 1.99. The second-order valence-electron chi connectivity index (χ2n) is 3.10. The number of aldehydes is 1. The Bertz CT molecular complexity index is 306. The van der Waals surface area contributed by atoms with Crippen molar-refractivity contribution in [3.63, 3.8) is 0 Å². The molecule has 0 fully saturated rings. The molecule has 0 N–H and O–H groups in total. The van der Waals surface area contributed by atoms with Crippen molar-refractivity contribution in [2.75, 3.05) is 0 Å². The van der Waals surface area contributed by atoms with E-state index in [0.717, 1.165) is 23.8 Å². The van der Waals surface area contributed by atoms with E-state index in [9.17, 15) is 4.79 Å². The lowest BCUT2D eigenvalue weighted by atomic mass is 10.1. The fourth-order valence-electron chi connectivity index (χ4n) is 1.10. The highest BCUT2D eigenvalue weighted by Gasteiger charge is 1.92. The zero-order chi connectivity index (χ0) is 9.68. The minimum absolute atomic E-state index is 0.789. The molecule has 0 spiro atoms. The molecule has 0 saturated heterocycles. The predicted octanol–water partition coefficient (Wildman–Crippen LogP) is 2.99. The number of hydrogen-bond acceptors (Lipinski definition) is 1. The Morgan fingerprint density at radius 1 is 1.31 bits per heavy atom. The highest BCUT2D eigenvalue weighted by molar-refractivity contribution is 5.81. The molecule has 1 nitrogen and oxygen atoms in total.